The first kappa shape index (κ1) is 14.9. The molecular weight excluding hydrogens is 272 g/mol. The van der Waals surface area contributed by atoms with Crippen molar-refractivity contribution in [2.45, 2.75) is 32.9 Å². The van der Waals surface area contributed by atoms with Crippen LogP contribution in [0.4, 0.5) is 4.79 Å². The summed E-state index contributed by atoms with van der Waals surface area (Å²) < 4.78 is 5.22. The molecule has 1 aliphatic rings. The van der Waals surface area contributed by atoms with Gasteiger partial charge in [0.05, 0.1) is 17.7 Å². The normalized spacial score (nSPS) is 18.3. The maximum atomic E-state index is 12.3. The minimum absolute atomic E-state index is 0.00680. The number of ether oxygens (including phenoxy) is 1. The van der Waals surface area contributed by atoms with Gasteiger partial charge >= 0.3 is 12.0 Å². The summed E-state index contributed by atoms with van der Waals surface area (Å²) in [5.74, 6) is -0.518. The number of hydrogen-bond donors (Lipinski definition) is 3. The lowest BCUT2D eigenvalue weighted by Gasteiger charge is -2.28. The first-order valence-corrected chi connectivity index (χ1v) is 6.67. The van der Waals surface area contributed by atoms with Crippen molar-refractivity contribution in [1.29, 1.82) is 0 Å². The van der Waals surface area contributed by atoms with Crippen LogP contribution < -0.4 is 10.6 Å². The highest BCUT2D eigenvalue weighted by Crippen LogP contribution is 2.32. The zero-order valence-corrected chi connectivity index (χ0v) is 12.1. The van der Waals surface area contributed by atoms with Crippen LogP contribution in [0.2, 0.25) is 0 Å². The zero-order valence-electron chi connectivity index (χ0n) is 12.1. The third-order valence-corrected chi connectivity index (χ3v) is 3.08. The summed E-state index contributed by atoms with van der Waals surface area (Å²) in [5.41, 5.74) is 1.14. The van der Waals surface area contributed by atoms with Crippen molar-refractivity contribution in [3.8, 4) is 5.75 Å². The van der Waals surface area contributed by atoms with Crippen LogP contribution in [-0.2, 0) is 9.53 Å². The van der Waals surface area contributed by atoms with Crippen molar-refractivity contribution < 1.29 is 19.4 Å². The molecule has 6 heteroatoms. The van der Waals surface area contributed by atoms with E-state index in [2.05, 4.69) is 10.6 Å². The molecule has 2 amide bonds. The lowest BCUT2D eigenvalue weighted by Crippen LogP contribution is -2.45. The number of rotatable bonds is 3. The number of amides is 2. The van der Waals surface area contributed by atoms with Gasteiger partial charge in [0, 0.05) is 11.3 Å². The molecule has 3 N–H and O–H groups in total. The summed E-state index contributed by atoms with van der Waals surface area (Å²) >= 11 is 0. The minimum atomic E-state index is -0.744. The number of benzene rings is 1. The van der Waals surface area contributed by atoms with E-state index >= 15 is 0 Å². The molecule has 1 aromatic rings. The van der Waals surface area contributed by atoms with Gasteiger partial charge in [-0.25, -0.2) is 9.59 Å². The Bertz CT molecular complexity index is 607. The van der Waals surface area contributed by atoms with Crippen LogP contribution in [-0.4, -0.2) is 23.2 Å². The average Bonchev–Trinajstić information content (AvgIpc) is 2.37. The second-order valence-electron chi connectivity index (χ2n) is 5.08. The molecule has 21 heavy (non-hydrogen) atoms. The van der Waals surface area contributed by atoms with Gasteiger partial charge in [0.15, 0.2) is 0 Å². The maximum Gasteiger partial charge on any atom is 0.338 e. The second kappa shape index (κ2) is 5.87. The summed E-state index contributed by atoms with van der Waals surface area (Å²) in [6.07, 6.45) is -0.277. The number of phenols is 1. The van der Waals surface area contributed by atoms with Gasteiger partial charge in [0.2, 0.25) is 0 Å². The van der Waals surface area contributed by atoms with Crippen LogP contribution in [0.25, 0.3) is 0 Å². The fourth-order valence-corrected chi connectivity index (χ4v) is 2.21. The largest absolute Gasteiger partial charge is 0.508 e. The Morgan fingerprint density at radius 3 is 2.62 bits per heavy atom. The van der Waals surface area contributed by atoms with E-state index in [9.17, 15) is 14.7 Å². The van der Waals surface area contributed by atoms with Crippen LogP contribution in [0.3, 0.4) is 0 Å². The Morgan fingerprint density at radius 1 is 1.33 bits per heavy atom. The molecule has 0 aromatic heterocycles. The van der Waals surface area contributed by atoms with E-state index in [1.807, 2.05) is 0 Å². The summed E-state index contributed by atoms with van der Waals surface area (Å²) in [7, 11) is 0. The lowest BCUT2D eigenvalue weighted by molar-refractivity contribution is -0.143. The van der Waals surface area contributed by atoms with Crippen molar-refractivity contribution in [2.24, 2.45) is 0 Å². The van der Waals surface area contributed by atoms with Crippen LogP contribution in [0.15, 0.2) is 35.5 Å². The molecule has 1 aromatic carbocycles. The topological polar surface area (TPSA) is 87.7 Å². The number of esters is 1. The Morgan fingerprint density at radius 2 is 2.00 bits per heavy atom. The molecule has 0 radical (unpaired) electrons. The van der Waals surface area contributed by atoms with Gasteiger partial charge in [0.1, 0.15) is 5.75 Å². The second-order valence-corrected chi connectivity index (χ2v) is 5.08. The highest BCUT2D eigenvalue weighted by molar-refractivity contribution is 5.95. The van der Waals surface area contributed by atoms with Crippen molar-refractivity contribution in [2.75, 3.05) is 0 Å². The molecule has 0 saturated heterocycles. The predicted molar refractivity (Wildman–Crippen MR) is 76.4 cm³/mol. The third-order valence-electron chi connectivity index (χ3n) is 3.08. The van der Waals surface area contributed by atoms with Gasteiger partial charge in [-0.05, 0) is 26.8 Å². The highest BCUT2D eigenvalue weighted by atomic mass is 16.5. The summed E-state index contributed by atoms with van der Waals surface area (Å²) in [4.78, 5) is 23.9. The molecular formula is C15H18N2O4. The highest BCUT2D eigenvalue weighted by Gasteiger charge is 2.33. The summed E-state index contributed by atoms with van der Waals surface area (Å²) in [6.45, 7) is 5.12. The molecule has 112 valence electrons. The molecule has 0 bridgehead atoms. The maximum absolute atomic E-state index is 12.3. The number of carbonyl (C=O) groups is 2. The molecule has 0 spiro atoms. The van der Waals surface area contributed by atoms with Crippen molar-refractivity contribution in [3.05, 3.63) is 41.1 Å². The molecule has 1 unspecified atom stereocenters. The van der Waals surface area contributed by atoms with Gasteiger partial charge in [-0.1, -0.05) is 18.2 Å². The minimum Gasteiger partial charge on any atom is -0.508 e. The van der Waals surface area contributed by atoms with E-state index in [1.165, 1.54) is 6.07 Å². The van der Waals surface area contributed by atoms with E-state index in [0.29, 0.717) is 11.3 Å². The molecule has 1 aliphatic heterocycles. The number of para-hydroxylation sites is 1. The quantitative estimate of drug-likeness (QED) is 0.743. The van der Waals surface area contributed by atoms with Crippen LogP contribution in [0.5, 0.6) is 5.75 Å². The van der Waals surface area contributed by atoms with Crippen LogP contribution in [0.1, 0.15) is 32.4 Å². The van der Waals surface area contributed by atoms with Gasteiger partial charge in [-0.15, -0.1) is 0 Å². The van der Waals surface area contributed by atoms with Crippen LogP contribution in [0, 0.1) is 0 Å². The lowest BCUT2D eigenvalue weighted by atomic mass is 9.95. The number of phenolic OH excluding ortho intramolecular Hbond substituents is 1. The Balaban J connectivity index is 2.46. The number of allylic oxidation sites excluding steroid dienone is 1. The number of aromatic hydroxyl groups is 1. The standard InChI is InChI=1S/C15H18N2O4/c1-8(2)21-14(19)12-9(3)16-15(20)17-13(12)10-6-4-5-7-11(10)18/h4-8,13,18H,1-3H3,(H2,16,17,20). The Kier molecular flexibility index (Phi) is 4.16. The molecule has 6 nitrogen and oxygen atoms in total. The van der Waals surface area contributed by atoms with Gasteiger partial charge in [-0.2, -0.15) is 0 Å². The smallest absolute Gasteiger partial charge is 0.338 e. The number of nitrogens with one attached hydrogen (secondary N) is 2. The Labute approximate surface area is 122 Å². The summed E-state index contributed by atoms with van der Waals surface area (Å²) in [5, 5.41) is 15.2. The van der Waals surface area contributed by atoms with Crippen molar-refractivity contribution in [3.63, 3.8) is 0 Å². The van der Waals surface area contributed by atoms with Crippen LogP contribution >= 0.6 is 0 Å². The monoisotopic (exact) mass is 290 g/mol. The molecule has 0 saturated carbocycles. The number of hydrogen-bond acceptors (Lipinski definition) is 4. The SMILES string of the molecule is CC1=C(C(=O)OC(C)C)C(c2ccccc2O)NC(=O)N1. The van der Waals surface area contributed by atoms with E-state index in [0.717, 1.165) is 0 Å². The average molecular weight is 290 g/mol. The fraction of sp³-hybridized carbons (Fsp3) is 0.333. The van der Waals surface area contributed by atoms with Crippen molar-refractivity contribution in [1.82, 2.24) is 10.6 Å². The number of urea groups is 1. The molecule has 0 aliphatic carbocycles. The number of carbonyl (C=O) groups excluding carboxylic acids is 2. The predicted octanol–water partition coefficient (Wildman–Crippen LogP) is 1.97. The molecule has 0 fully saturated rings. The van der Waals surface area contributed by atoms with E-state index in [1.54, 1.807) is 39.0 Å². The van der Waals surface area contributed by atoms with Gasteiger partial charge < -0.3 is 20.5 Å². The Hall–Kier alpha value is -2.50. The van der Waals surface area contributed by atoms with E-state index < -0.39 is 18.0 Å². The van der Waals surface area contributed by atoms with Crippen molar-refractivity contribution >= 4 is 12.0 Å². The summed E-state index contributed by atoms with van der Waals surface area (Å²) in [6, 6.07) is 5.38. The first-order chi connectivity index (χ1) is 9.90. The van der Waals surface area contributed by atoms with Gasteiger partial charge in [-0.3, -0.25) is 0 Å². The molecule has 2 rings (SSSR count). The van der Waals surface area contributed by atoms with Gasteiger partial charge in [0.25, 0.3) is 0 Å². The third kappa shape index (κ3) is 3.16. The van der Waals surface area contributed by atoms with E-state index in [-0.39, 0.29) is 17.4 Å². The fourth-order valence-electron chi connectivity index (χ4n) is 2.21. The molecule has 1 atom stereocenters. The first-order valence-electron chi connectivity index (χ1n) is 6.67. The van der Waals surface area contributed by atoms with E-state index in [4.69, 9.17) is 4.74 Å². The zero-order chi connectivity index (χ0) is 15.6. The molecule has 1 heterocycles.